The lowest BCUT2D eigenvalue weighted by Gasteiger charge is -2.25. The van der Waals surface area contributed by atoms with E-state index in [0.717, 1.165) is 58.5 Å². The summed E-state index contributed by atoms with van der Waals surface area (Å²) in [6.45, 7) is 6.60. The molecule has 0 radical (unpaired) electrons. The Balaban J connectivity index is 1.31. The van der Waals surface area contributed by atoms with E-state index in [4.69, 9.17) is 9.72 Å². The first kappa shape index (κ1) is 20.6. The topological polar surface area (TPSA) is 101 Å². The molecule has 1 saturated heterocycles. The molecule has 0 saturated carbocycles. The maximum Gasteiger partial charge on any atom is 0.166 e. The summed E-state index contributed by atoms with van der Waals surface area (Å²) in [6, 6.07) is 6.22. The number of benzene rings is 1. The van der Waals surface area contributed by atoms with Crippen LogP contribution in [-0.2, 0) is 13.0 Å². The number of nitrogens with one attached hydrogen (secondary N) is 2. The van der Waals surface area contributed by atoms with Crippen LogP contribution in [0.5, 0.6) is 5.75 Å². The number of ether oxygens (including phenoxy) is 1. The number of imidazole rings is 1. The van der Waals surface area contributed by atoms with Crippen LogP contribution in [0.15, 0.2) is 36.8 Å². The molecule has 0 unspecified atom stereocenters. The van der Waals surface area contributed by atoms with E-state index < -0.39 is 5.60 Å². The van der Waals surface area contributed by atoms with Gasteiger partial charge in [0.1, 0.15) is 5.75 Å². The second-order valence-electron chi connectivity index (χ2n) is 9.38. The Morgan fingerprint density at radius 1 is 1.24 bits per heavy atom. The smallest absolute Gasteiger partial charge is 0.166 e. The lowest BCUT2D eigenvalue weighted by atomic mass is 10.0. The van der Waals surface area contributed by atoms with E-state index in [2.05, 4.69) is 38.6 Å². The first-order valence-corrected chi connectivity index (χ1v) is 12.0. The Kier molecular flexibility index (Phi) is 4.86. The van der Waals surface area contributed by atoms with Crippen LogP contribution < -0.4 is 10.1 Å². The number of aromatic amines is 1. The van der Waals surface area contributed by atoms with Crippen LogP contribution >= 0.6 is 11.3 Å². The molecule has 0 aliphatic carbocycles. The number of fused-ring (bicyclic) bond motifs is 3. The van der Waals surface area contributed by atoms with Gasteiger partial charge in [-0.25, -0.2) is 9.97 Å². The van der Waals surface area contributed by atoms with Gasteiger partial charge in [-0.3, -0.25) is 4.68 Å². The second-order valence-corrected chi connectivity index (χ2v) is 10.5. The summed E-state index contributed by atoms with van der Waals surface area (Å²) >= 11 is 1.69. The van der Waals surface area contributed by atoms with Crippen LogP contribution in [0.4, 0.5) is 0 Å². The SMILES string of the molecule is CC(C)(O)Cn1cc(-c2ccc3c(c2)OCCc2sc(-c4ncc(C5CNC5)[nH]4)nc2-3)cn1. The highest BCUT2D eigenvalue weighted by molar-refractivity contribution is 7.15. The Labute approximate surface area is 195 Å². The van der Waals surface area contributed by atoms with Gasteiger partial charge in [0, 0.05) is 59.5 Å². The van der Waals surface area contributed by atoms with Crippen LogP contribution in [0.2, 0.25) is 0 Å². The van der Waals surface area contributed by atoms with Crippen LogP contribution in [0.3, 0.4) is 0 Å². The average Bonchev–Trinajstić information content (AvgIpc) is 3.44. The van der Waals surface area contributed by atoms with Gasteiger partial charge in [0.25, 0.3) is 0 Å². The van der Waals surface area contributed by atoms with Crippen molar-refractivity contribution in [2.75, 3.05) is 19.7 Å². The Hall–Kier alpha value is -3.01. The number of aliphatic hydroxyl groups is 1. The summed E-state index contributed by atoms with van der Waals surface area (Å²) in [4.78, 5) is 14.3. The predicted molar refractivity (Wildman–Crippen MR) is 127 cm³/mol. The molecule has 0 spiro atoms. The molecule has 33 heavy (non-hydrogen) atoms. The van der Waals surface area contributed by atoms with Gasteiger partial charge in [-0.15, -0.1) is 11.3 Å². The summed E-state index contributed by atoms with van der Waals surface area (Å²) in [5, 5.41) is 18.7. The van der Waals surface area contributed by atoms with Crippen molar-refractivity contribution in [1.82, 2.24) is 30.0 Å². The molecular weight excluding hydrogens is 436 g/mol. The molecule has 3 N–H and O–H groups in total. The molecular formula is C24H26N6O2S. The van der Waals surface area contributed by atoms with Crippen molar-refractivity contribution in [3.05, 3.63) is 47.4 Å². The lowest BCUT2D eigenvalue weighted by Crippen LogP contribution is -2.40. The fourth-order valence-electron chi connectivity index (χ4n) is 4.26. The first-order chi connectivity index (χ1) is 15.9. The van der Waals surface area contributed by atoms with Gasteiger partial charge in [-0.05, 0) is 31.5 Å². The summed E-state index contributed by atoms with van der Waals surface area (Å²) in [5.74, 6) is 2.19. The summed E-state index contributed by atoms with van der Waals surface area (Å²) in [5.41, 5.74) is 4.36. The van der Waals surface area contributed by atoms with Crippen molar-refractivity contribution in [2.24, 2.45) is 0 Å². The molecule has 2 aliphatic rings. The standard InChI is InChI=1S/C24H26N6O2S/c1-24(2,31)13-30-12-16(10-27-30)14-3-4-17-19(7-14)32-6-5-20-21(17)29-23(33-20)22-26-11-18(28-22)15-8-25-9-15/h3-4,7,10-12,15,25,31H,5-6,8-9,13H2,1-2H3,(H,26,28). The van der Waals surface area contributed by atoms with Gasteiger partial charge in [0.2, 0.25) is 0 Å². The molecule has 3 aromatic heterocycles. The fourth-order valence-corrected chi connectivity index (χ4v) is 5.27. The minimum Gasteiger partial charge on any atom is -0.492 e. The van der Waals surface area contributed by atoms with Crippen molar-refractivity contribution in [3.63, 3.8) is 0 Å². The number of H-pyrrole nitrogens is 1. The van der Waals surface area contributed by atoms with Gasteiger partial charge >= 0.3 is 0 Å². The normalized spacial score (nSPS) is 16.0. The maximum atomic E-state index is 10.1. The van der Waals surface area contributed by atoms with Crippen molar-refractivity contribution in [3.8, 4) is 39.0 Å². The van der Waals surface area contributed by atoms with Crippen LogP contribution in [-0.4, -0.2) is 55.1 Å². The van der Waals surface area contributed by atoms with E-state index in [1.165, 1.54) is 10.6 Å². The molecule has 0 atom stereocenters. The number of nitrogens with zero attached hydrogens (tertiary/aromatic N) is 4. The summed E-state index contributed by atoms with van der Waals surface area (Å²) < 4.78 is 7.88. The van der Waals surface area contributed by atoms with E-state index in [1.807, 2.05) is 18.6 Å². The summed E-state index contributed by atoms with van der Waals surface area (Å²) in [7, 11) is 0. The minimum absolute atomic E-state index is 0.436. The average molecular weight is 463 g/mol. The molecule has 8 nitrogen and oxygen atoms in total. The number of thiazole rings is 1. The highest BCUT2D eigenvalue weighted by atomic mass is 32.1. The van der Waals surface area contributed by atoms with Crippen LogP contribution in [0, 0.1) is 0 Å². The zero-order chi connectivity index (χ0) is 22.6. The molecule has 1 aromatic carbocycles. The van der Waals surface area contributed by atoms with Crippen molar-refractivity contribution < 1.29 is 9.84 Å². The zero-order valence-corrected chi connectivity index (χ0v) is 19.4. The van der Waals surface area contributed by atoms with Crippen LogP contribution in [0.25, 0.3) is 33.2 Å². The van der Waals surface area contributed by atoms with Crippen LogP contribution in [0.1, 0.15) is 30.3 Å². The van der Waals surface area contributed by atoms with Gasteiger partial charge in [-0.1, -0.05) is 6.07 Å². The third-order valence-electron chi connectivity index (χ3n) is 6.06. The molecule has 1 fully saturated rings. The van der Waals surface area contributed by atoms with E-state index >= 15 is 0 Å². The summed E-state index contributed by atoms with van der Waals surface area (Å²) in [6.07, 6.45) is 6.53. The molecule has 0 amide bonds. The van der Waals surface area contributed by atoms with Crippen molar-refractivity contribution in [2.45, 2.75) is 38.3 Å². The maximum absolute atomic E-state index is 10.1. The third kappa shape index (κ3) is 3.96. The third-order valence-corrected chi connectivity index (χ3v) is 7.18. The van der Waals surface area contributed by atoms with E-state index in [9.17, 15) is 5.11 Å². The van der Waals surface area contributed by atoms with Crippen molar-refractivity contribution >= 4 is 11.3 Å². The van der Waals surface area contributed by atoms with E-state index in [0.29, 0.717) is 19.1 Å². The van der Waals surface area contributed by atoms with Gasteiger partial charge in [0.15, 0.2) is 10.8 Å². The van der Waals surface area contributed by atoms with Crippen molar-refractivity contribution in [1.29, 1.82) is 0 Å². The molecule has 0 bridgehead atoms. The number of aromatic nitrogens is 5. The number of hydrogen-bond donors (Lipinski definition) is 3. The largest absolute Gasteiger partial charge is 0.492 e. The van der Waals surface area contributed by atoms with E-state index in [-0.39, 0.29) is 0 Å². The lowest BCUT2D eigenvalue weighted by molar-refractivity contribution is 0.0577. The molecule has 6 rings (SSSR count). The molecule has 170 valence electrons. The zero-order valence-electron chi connectivity index (χ0n) is 18.6. The van der Waals surface area contributed by atoms with Gasteiger partial charge in [0.05, 0.1) is 30.6 Å². The number of rotatable bonds is 5. The minimum atomic E-state index is -0.817. The Bertz CT molecular complexity index is 1310. The molecule has 5 heterocycles. The van der Waals surface area contributed by atoms with E-state index in [1.54, 1.807) is 29.9 Å². The number of hydrogen-bond acceptors (Lipinski definition) is 7. The highest BCUT2D eigenvalue weighted by Gasteiger charge is 2.25. The molecule has 2 aliphatic heterocycles. The first-order valence-electron chi connectivity index (χ1n) is 11.2. The Morgan fingerprint density at radius 3 is 2.91 bits per heavy atom. The quantitative estimate of drug-likeness (QED) is 0.420. The highest BCUT2D eigenvalue weighted by Crippen LogP contribution is 2.41. The van der Waals surface area contributed by atoms with Gasteiger partial charge < -0.3 is 20.1 Å². The molecule has 9 heteroatoms. The predicted octanol–water partition coefficient (Wildman–Crippen LogP) is 3.46. The second kappa shape index (κ2) is 7.79. The Morgan fingerprint density at radius 2 is 2.12 bits per heavy atom. The fraction of sp³-hybridized carbons (Fsp3) is 0.375. The monoisotopic (exact) mass is 462 g/mol. The molecule has 4 aromatic rings. The van der Waals surface area contributed by atoms with Gasteiger partial charge in [-0.2, -0.15) is 5.10 Å².